The lowest BCUT2D eigenvalue weighted by atomic mass is 10.2. The fraction of sp³-hybridized carbons (Fsp3) is 0.120. The van der Waals surface area contributed by atoms with Crippen molar-refractivity contribution in [3.63, 3.8) is 0 Å². The summed E-state index contributed by atoms with van der Waals surface area (Å²) >= 11 is 0. The topological polar surface area (TPSA) is 84.2 Å². The maximum Gasteiger partial charge on any atom is 0.355 e. The van der Waals surface area contributed by atoms with Crippen LogP contribution in [0.2, 0.25) is 0 Å². The number of rotatable bonds is 8. The Labute approximate surface area is 181 Å². The molecule has 158 valence electrons. The van der Waals surface area contributed by atoms with Gasteiger partial charge in [-0.05, 0) is 35.4 Å². The van der Waals surface area contributed by atoms with Crippen molar-refractivity contribution in [1.82, 2.24) is 9.97 Å². The van der Waals surface area contributed by atoms with Crippen LogP contribution in [-0.2, 0) is 29.1 Å². The number of carbonyl (C=O) groups excluding carboxylic acids is 2. The largest absolute Gasteiger partial charge is 0.456 e. The lowest BCUT2D eigenvalue weighted by Crippen LogP contribution is -2.06. The van der Waals surface area contributed by atoms with Crippen LogP contribution in [0.1, 0.15) is 44.9 Å². The van der Waals surface area contributed by atoms with Gasteiger partial charge in [0.25, 0.3) is 0 Å². The molecule has 2 N–H and O–H groups in total. The molecule has 2 aromatic heterocycles. The molecule has 31 heavy (non-hydrogen) atoms. The number of hydrogen-bond donors (Lipinski definition) is 2. The molecule has 0 saturated heterocycles. The average molecular weight is 416 g/mol. The normalized spacial score (nSPS) is 10.6. The maximum atomic E-state index is 12.2. The van der Waals surface area contributed by atoms with Crippen LogP contribution in [0.15, 0.2) is 84.9 Å². The zero-order valence-corrected chi connectivity index (χ0v) is 16.8. The molecule has 0 fully saturated rings. The molecule has 0 amide bonds. The smallest absolute Gasteiger partial charge is 0.355 e. The molecule has 2 heterocycles. The number of hydrogen-bond acceptors (Lipinski definition) is 4. The van der Waals surface area contributed by atoms with Gasteiger partial charge in [0.15, 0.2) is 0 Å². The predicted octanol–water partition coefficient (Wildman–Crippen LogP) is 4.89. The van der Waals surface area contributed by atoms with Crippen LogP contribution < -0.4 is 0 Å². The minimum atomic E-state index is -0.410. The molecule has 4 aromatic rings. The Morgan fingerprint density at radius 2 is 1.03 bits per heavy atom. The molecule has 6 heteroatoms. The highest BCUT2D eigenvalue weighted by Crippen LogP contribution is 2.13. The zero-order valence-electron chi connectivity index (χ0n) is 16.8. The number of benzene rings is 2. The molecule has 2 aromatic carbocycles. The highest BCUT2D eigenvalue weighted by atomic mass is 16.5. The summed E-state index contributed by atoms with van der Waals surface area (Å²) in [5.74, 6) is -0.821. The fourth-order valence-corrected chi connectivity index (χ4v) is 3.13. The number of nitrogens with one attached hydrogen (secondary N) is 2. The number of carbonyl (C=O) groups is 2. The molecule has 0 aliphatic carbocycles. The van der Waals surface area contributed by atoms with Crippen molar-refractivity contribution in [3.05, 3.63) is 119 Å². The van der Waals surface area contributed by atoms with Crippen LogP contribution >= 0.6 is 0 Å². The van der Waals surface area contributed by atoms with Crippen molar-refractivity contribution in [2.24, 2.45) is 0 Å². The van der Waals surface area contributed by atoms with Crippen LogP contribution in [0.4, 0.5) is 0 Å². The summed E-state index contributed by atoms with van der Waals surface area (Å²) in [5.41, 5.74) is 4.30. The summed E-state index contributed by atoms with van der Waals surface area (Å²) in [6.45, 7) is 0.443. The molecule has 0 spiro atoms. The minimum Gasteiger partial charge on any atom is -0.456 e. The summed E-state index contributed by atoms with van der Waals surface area (Å²) < 4.78 is 10.7. The number of H-pyrrole nitrogens is 2. The van der Waals surface area contributed by atoms with Gasteiger partial charge in [-0.15, -0.1) is 0 Å². The lowest BCUT2D eigenvalue weighted by Gasteiger charge is -2.04. The molecular weight excluding hydrogens is 392 g/mol. The van der Waals surface area contributed by atoms with Gasteiger partial charge in [0.1, 0.15) is 24.6 Å². The van der Waals surface area contributed by atoms with Crippen molar-refractivity contribution in [3.8, 4) is 0 Å². The second-order valence-electron chi connectivity index (χ2n) is 7.09. The van der Waals surface area contributed by atoms with Gasteiger partial charge in [-0.3, -0.25) is 0 Å². The van der Waals surface area contributed by atoms with Crippen LogP contribution in [0.5, 0.6) is 0 Å². The van der Waals surface area contributed by atoms with Gasteiger partial charge in [0, 0.05) is 19.2 Å². The lowest BCUT2D eigenvalue weighted by molar-refractivity contribution is 0.0458. The Balaban J connectivity index is 0.00000289. The van der Waals surface area contributed by atoms with E-state index in [0.717, 1.165) is 22.5 Å². The Morgan fingerprint density at radius 3 is 1.45 bits per heavy atom. The highest BCUT2D eigenvalue weighted by Gasteiger charge is 2.13. The predicted molar refractivity (Wildman–Crippen MR) is 118 cm³/mol. The number of esters is 2. The van der Waals surface area contributed by atoms with E-state index in [2.05, 4.69) is 9.97 Å². The maximum absolute atomic E-state index is 12.2. The SMILES string of the molecule is O=C(OCc1ccccc1)c1ccc(Cc2ccc(C(=O)OCc3ccccc3)[nH]2)[nH]1.[HH]. The molecule has 0 atom stereocenters. The van der Waals surface area contributed by atoms with Crippen LogP contribution in [0.3, 0.4) is 0 Å². The van der Waals surface area contributed by atoms with Gasteiger partial charge in [-0.25, -0.2) is 9.59 Å². The third-order valence-corrected chi connectivity index (χ3v) is 4.74. The van der Waals surface area contributed by atoms with Gasteiger partial charge < -0.3 is 19.4 Å². The van der Waals surface area contributed by atoms with E-state index in [0.29, 0.717) is 17.8 Å². The van der Waals surface area contributed by atoms with Gasteiger partial charge in [-0.2, -0.15) is 0 Å². The Bertz CT molecular complexity index is 1060. The second kappa shape index (κ2) is 9.63. The van der Waals surface area contributed by atoms with E-state index >= 15 is 0 Å². The molecule has 0 aliphatic heterocycles. The first-order chi connectivity index (χ1) is 15.2. The second-order valence-corrected chi connectivity index (χ2v) is 7.09. The van der Waals surface area contributed by atoms with E-state index in [1.165, 1.54) is 0 Å². The summed E-state index contributed by atoms with van der Waals surface area (Å²) in [6, 6.07) is 26.1. The Kier molecular flexibility index (Phi) is 6.28. The first-order valence-electron chi connectivity index (χ1n) is 9.95. The van der Waals surface area contributed by atoms with Crippen molar-refractivity contribution in [2.75, 3.05) is 0 Å². The fourth-order valence-electron chi connectivity index (χ4n) is 3.13. The summed E-state index contributed by atoms with van der Waals surface area (Å²) in [7, 11) is 0. The van der Waals surface area contributed by atoms with Crippen LogP contribution in [0.25, 0.3) is 0 Å². The summed E-state index contributed by atoms with van der Waals surface area (Å²) in [5, 5.41) is 0. The third-order valence-electron chi connectivity index (χ3n) is 4.74. The highest BCUT2D eigenvalue weighted by molar-refractivity contribution is 5.88. The van der Waals surface area contributed by atoms with Crippen LogP contribution in [-0.4, -0.2) is 21.9 Å². The molecule has 0 bridgehead atoms. The van der Waals surface area contributed by atoms with Crippen molar-refractivity contribution in [1.29, 1.82) is 0 Å². The summed E-state index contributed by atoms with van der Waals surface area (Å²) in [4.78, 5) is 30.6. The van der Waals surface area contributed by atoms with Gasteiger partial charge in [0.2, 0.25) is 0 Å². The van der Waals surface area contributed by atoms with E-state index in [9.17, 15) is 9.59 Å². The first kappa shape index (κ1) is 20.2. The van der Waals surface area contributed by atoms with E-state index in [-0.39, 0.29) is 14.6 Å². The first-order valence-corrected chi connectivity index (χ1v) is 9.95. The minimum absolute atomic E-state index is 0. The quantitative estimate of drug-likeness (QED) is 0.401. The number of aromatic amines is 2. The van der Waals surface area contributed by atoms with E-state index in [1.807, 2.05) is 72.8 Å². The Hall–Kier alpha value is -4.06. The van der Waals surface area contributed by atoms with E-state index in [1.54, 1.807) is 12.1 Å². The molecule has 0 aliphatic rings. The van der Waals surface area contributed by atoms with Crippen molar-refractivity contribution in [2.45, 2.75) is 19.6 Å². The summed E-state index contributed by atoms with van der Waals surface area (Å²) in [6.07, 6.45) is 0.512. The van der Waals surface area contributed by atoms with Crippen LogP contribution in [0, 0.1) is 0 Å². The third kappa shape index (κ3) is 5.51. The van der Waals surface area contributed by atoms with Gasteiger partial charge in [-0.1, -0.05) is 60.7 Å². The zero-order chi connectivity index (χ0) is 21.5. The molecule has 6 nitrogen and oxygen atoms in total. The molecule has 0 radical (unpaired) electrons. The van der Waals surface area contributed by atoms with Crippen molar-refractivity contribution < 1.29 is 20.5 Å². The molecule has 4 rings (SSSR count). The monoisotopic (exact) mass is 416 g/mol. The van der Waals surface area contributed by atoms with Crippen molar-refractivity contribution >= 4 is 11.9 Å². The number of aromatic nitrogens is 2. The van der Waals surface area contributed by atoms with Gasteiger partial charge >= 0.3 is 11.9 Å². The number of ether oxygens (including phenoxy) is 2. The molecule has 0 saturated carbocycles. The molecule has 0 unspecified atom stereocenters. The standard InChI is InChI=1S/C25H22N2O4.H2/c28-24(30-16-18-7-3-1-4-8-18)22-13-11-20(26-22)15-21-12-14-23(27-21)25(29)31-17-19-9-5-2-6-10-19;/h1-14,26-27H,15-17H2;1H. The van der Waals surface area contributed by atoms with E-state index < -0.39 is 11.9 Å². The Morgan fingerprint density at radius 1 is 0.613 bits per heavy atom. The van der Waals surface area contributed by atoms with Gasteiger partial charge in [0.05, 0.1) is 0 Å². The van der Waals surface area contributed by atoms with E-state index in [4.69, 9.17) is 9.47 Å². The average Bonchev–Trinajstić information content (AvgIpc) is 3.47. The molecular formula is C25H24N2O4.